The van der Waals surface area contributed by atoms with E-state index in [4.69, 9.17) is 13.9 Å². The van der Waals surface area contributed by atoms with E-state index in [9.17, 15) is 4.79 Å². The molecule has 2 aromatic heterocycles. The largest absolute Gasteiger partial charge is 0.477 e. The van der Waals surface area contributed by atoms with E-state index >= 15 is 0 Å². The minimum atomic E-state index is 0.0574. The van der Waals surface area contributed by atoms with Gasteiger partial charge in [0.15, 0.2) is 0 Å². The van der Waals surface area contributed by atoms with Crippen molar-refractivity contribution in [1.82, 2.24) is 9.88 Å². The lowest BCUT2D eigenvalue weighted by Gasteiger charge is -2.48. The van der Waals surface area contributed by atoms with Crippen LogP contribution in [0.3, 0.4) is 0 Å². The van der Waals surface area contributed by atoms with Crippen LogP contribution >= 0.6 is 0 Å². The van der Waals surface area contributed by atoms with Crippen molar-refractivity contribution in [3.8, 4) is 5.88 Å². The van der Waals surface area contributed by atoms with Gasteiger partial charge in [-0.2, -0.15) is 0 Å². The lowest BCUT2D eigenvalue weighted by Crippen LogP contribution is -2.50. The van der Waals surface area contributed by atoms with E-state index in [2.05, 4.69) is 4.98 Å². The maximum atomic E-state index is 12.5. The quantitative estimate of drug-likeness (QED) is 0.843. The molecule has 1 spiro atoms. The predicted molar refractivity (Wildman–Crippen MR) is 94.9 cm³/mol. The number of furan rings is 1. The van der Waals surface area contributed by atoms with E-state index in [0.29, 0.717) is 30.6 Å². The average Bonchev–Trinajstić information content (AvgIpc) is 3.23. The van der Waals surface area contributed by atoms with Crippen molar-refractivity contribution >= 4 is 5.91 Å². The second kappa shape index (κ2) is 7.50. The number of hydrogen-bond donors (Lipinski definition) is 0. The molecule has 6 nitrogen and oxygen atoms in total. The lowest BCUT2D eigenvalue weighted by atomic mass is 9.66. The van der Waals surface area contributed by atoms with Gasteiger partial charge in [0.1, 0.15) is 6.26 Å². The normalized spacial score (nSPS) is 22.3. The highest BCUT2D eigenvalue weighted by molar-refractivity contribution is 5.93. The summed E-state index contributed by atoms with van der Waals surface area (Å²) in [7, 11) is 0. The second-order valence-electron chi connectivity index (χ2n) is 7.17. The zero-order valence-electron chi connectivity index (χ0n) is 14.8. The summed E-state index contributed by atoms with van der Waals surface area (Å²) in [6.07, 6.45) is 7.79. The minimum absolute atomic E-state index is 0.0574. The average molecular weight is 356 g/mol. The summed E-state index contributed by atoms with van der Waals surface area (Å²) in [6, 6.07) is 7.41. The number of rotatable bonds is 4. The Morgan fingerprint density at radius 3 is 2.88 bits per heavy atom. The summed E-state index contributed by atoms with van der Waals surface area (Å²) >= 11 is 0. The third-order valence-corrected chi connectivity index (χ3v) is 5.81. The first-order valence-corrected chi connectivity index (χ1v) is 9.20. The SMILES string of the molecule is O=C(c1ccoc1)N1CCC2(CCOC[C@@H]2COc2ccccn2)CC1. The molecule has 4 rings (SSSR count). The van der Waals surface area contributed by atoms with Crippen molar-refractivity contribution in [1.29, 1.82) is 0 Å². The number of ether oxygens (including phenoxy) is 2. The number of hydrogen-bond acceptors (Lipinski definition) is 5. The zero-order valence-corrected chi connectivity index (χ0v) is 14.8. The molecule has 26 heavy (non-hydrogen) atoms. The van der Waals surface area contributed by atoms with Crippen LogP contribution in [0, 0.1) is 11.3 Å². The first-order chi connectivity index (χ1) is 12.8. The number of nitrogens with zero attached hydrogens (tertiary/aromatic N) is 2. The molecule has 2 aliphatic rings. The Morgan fingerprint density at radius 2 is 2.15 bits per heavy atom. The van der Waals surface area contributed by atoms with Gasteiger partial charge in [0, 0.05) is 37.9 Å². The van der Waals surface area contributed by atoms with Crippen LogP contribution in [-0.2, 0) is 4.74 Å². The summed E-state index contributed by atoms with van der Waals surface area (Å²) in [5, 5.41) is 0. The fraction of sp³-hybridized carbons (Fsp3) is 0.500. The van der Waals surface area contributed by atoms with Crippen LogP contribution in [0.1, 0.15) is 29.6 Å². The van der Waals surface area contributed by atoms with Gasteiger partial charge in [0.25, 0.3) is 5.91 Å². The van der Waals surface area contributed by atoms with E-state index in [1.807, 2.05) is 23.1 Å². The molecular weight excluding hydrogens is 332 g/mol. The topological polar surface area (TPSA) is 64.8 Å². The highest BCUT2D eigenvalue weighted by Gasteiger charge is 2.44. The Labute approximate surface area is 153 Å². The summed E-state index contributed by atoms with van der Waals surface area (Å²) in [6.45, 7) is 3.64. The van der Waals surface area contributed by atoms with Gasteiger partial charge < -0.3 is 18.8 Å². The van der Waals surface area contributed by atoms with Crippen LogP contribution in [0.5, 0.6) is 5.88 Å². The van der Waals surface area contributed by atoms with Crippen molar-refractivity contribution < 1.29 is 18.7 Å². The standard InChI is InChI=1S/C20H24N2O4/c23-19(16-4-11-24-13-16)22-9-5-20(6-10-22)7-12-25-14-17(20)15-26-18-3-1-2-8-21-18/h1-4,8,11,13,17H,5-7,9-10,12,14-15H2/t17-/m1/s1. The fourth-order valence-corrected chi connectivity index (χ4v) is 4.11. The monoisotopic (exact) mass is 356 g/mol. The summed E-state index contributed by atoms with van der Waals surface area (Å²) in [5.74, 6) is 1.03. The van der Waals surface area contributed by atoms with Crippen LogP contribution in [0.4, 0.5) is 0 Å². The molecule has 2 aromatic rings. The van der Waals surface area contributed by atoms with Gasteiger partial charge in [0.05, 0.1) is 25.0 Å². The Balaban J connectivity index is 1.39. The number of aromatic nitrogens is 1. The fourth-order valence-electron chi connectivity index (χ4n) is 4.11. The van der Waals surface area contributed by atoms with Gasteiger partial charge in [-0.15, -0.1) is 0 Å². The Bertz CT molecular complexity index is 709. The number of piperidine rings is 1. The Kier molecular flexibility index (Phi) is 4.93. The van der Waals surface area contributed by atoms with Crippen molar-refractivity contribution in [2.24, 2.45) is 11.3 Å². The lowest BCUT2D eigenvalue weighted by molar-refractivity contribution is -0.0825. The Morgan fingerprint density at radius 1 is 1.27 bits per heavy atom. The van der Waals surface area contributed by atoms with Gasteiger partial charge in [-0.1, -0.05) is 6.07 Å². The number of likely N-dealkylation sites (tertiary alicyclic amines) is 1. The second-order valence-corrected chi connectivity index (χ2v) is 7.17. The first-order valence-electron chi connectivity index (χ1n) is 9.20. The number of carbonyl (C=O) groups excluding carboxylic acids is 1. The van der Waals surface area contributed by atoms with Crippen LogP contribution < -0.4 is 4.74 Å². The molecule has 0 aromatic carbocycles. The maximum absolute atomic E-state index is 12.5. The summed E-state index contributed by atoms with van der Waals surface area (Å²) < 4.78 is 16.7. The molecule has 2 aliphatic heterocycles. The molecule has 4 heterocycles. The van der Waals surface area contributed by atoms with Gasteiger partial charge in [0.2, 0.25) is 5.88 Å². The first kappa shape index (κ1) is 17.1. The third-order valence-electron chi connectivity index (χ3n) is 5.81. The molecule has 0 N–H and O–H groups in total. The molecule has 0 saturated carbocycles. The molecule has 2 saturated heterocycles. The van der Waals surface area contributed by atoms with E-state index in [-0.39, 0.29) is 11.3 Å². The van der Waals surface area contributed by atoms with Gasteiger partial charge in [-0.05, 0) is 36.8 Å². The predicted octanol–water partition coefficient (Wildman–Crippen LogP) is 3.01. The molecule has 0 aliphatic carbocycles. The maximum Gasteiger partial charge on any atom is 0.257 e. The van der Waals surface area contributed by atoms with Gasteiger partial charge >= 0.3 is 0 Å². The minimum Gasteiger partial charge on any atom is -0.477 e. The van der Waals surface area contributed by atoms with Crippen LogP contribution in [-0.4, -0.2) is 48.7 Å². The van der Waals surface area contributed by atoms with Crippen molar-refractivity contribution in [2.75, 3.05) is 32.9 Å². The van der Waals surface area contributed by atoms with E-state index in [1.165, 1.54) is 6.26 Å². The van der Waals surface area contributed by atoms with Crippen molar-refractivity contribution in [3.63, 3.8) is 0 Å². The summed E-state index contributed by atoms with van der Waals surface area (Å²) in [5.41, 5.74) is 0.809. The smallest absolute Gasteiger partial charge is 0.257 e. The molecule has 0 unspecified atom stereocenters. The number of amides is 1. The highest BCUT2D eigenvalue weighted by Crippen LogP contribution is 2.45. The molecular formula is C20H24N2O4. The molecule has 1 amide bonds. The highest BCUT2D eigenvalue weighted by atomic mass is 16.5. The third kappa shape index (κ3) is 3.46. The zero-order chi connectivity index (χ0) is 17.8. The Hall–Kier alpha value is -2.34. The van der Waals surface area contributed by atoms with Gasteiger partial charge in [-0.25, -0.2) is 4.98 Å². The van der Waals surface area contributed by atoms with Crippen molar-refractivity contribution in [2.45, 2.75) is 19.3 Å². The van der Waals surface area contributed by atoms with Crippen LogP contribution in [0.2, 0.25) is 0 Å². The van der Waals surface area contributed by atoms with E-state index in [0.717, 1.165) is 39.0 Å². The van der Waals surface area contributed by atoms with Crippen LogP contribution in [0.15, 0.2) is 47.4 Å². The number of carbonyl (C=O) groups is 1. The number of pyridine rings is 1. The van der Waals surface area contributed by atoms with Gasteiger partial charge in [-0.3, -0.25) is 4.79 Å². The molecule has 0 radical (unpaired) electrons. The summed E-state index contributed by atoms with van der Waals surface area (Å²) in [4.78, 5) is 18.7. The molecule has 138 valence electrons. The van der Waals surface area contributed by atoms with E-state index in [1.54, 1.807) is 18.5 Å². The van der Waals surface area contributed by atoms with E-state index < -0.39 is 0 Å². The molecule has 0 bridgehead atoms. The molecule has 2 fully saturated rings. The molecule has 6 heteroatoms. The van der Waals surface area contributed by atoms with Crippen molar-refractivity contribution in [3.05, 3.63) is 48.6 Å². The van der Waals surface area contributed by atoms with Crippen LogP contribution in [0.25, 0.3) is 0 Å². The molecule has 1 atom stereocenters.